The van der Waals surface area contributed by atoms with Crippen LogP contribution in [0.4, 0.5) is 0 Å². The maximum Gasteiger partial charge on any atom is 0.200 e. The molecule has 0 aromatic heterocycles. The summed E-state index contributed by atoms with van der Waals surface area (Å²) < 4.78 is 4.34. The van der Waals surface area contributed by atoms with Crippen molar-refractivity contribution in [3.8, 4) is 0 Å². The largest absolute Gasteiger partial charge is 0.411 e. The molecule has 0 amide bonds. The lowest BCUT2D eigenvalue weighted by Crippen LogP contribution is -2.56. The van der Waals surface area contributed by atoms with Crippen molar-refractivity contribution in [1.82, 2.24) is 0 Å². The minimum Gasteiger partial charge on any atom is -0.411 e. The zero-order valence-electron chi connectivity index (χ0n) is 7.36. The van der Waals surface area contributed by atoms with E-state index in [-0.39, 0.29) is 11.9 Å². The van der Waals surface area contributed by atoms with Crippen molar-refractivity contribution in [3.63, 3.8) is 0 Å². The Balaban J connectivity index is 2.54. The Morgan fingerprint density at radius 1 is 1.50 bits per heavy atom. The molecule has 1 unspecified atom stereocenters. The summed E-state index contributed by atoms with van der Waals surface area (Å²) in [5.41, 5.74) is 0. The Labute approximate surface area is 83.3 Å². The molecule has 0 radical (unpaired) electrons. The predicted octanol–water partition coefficient (Wildman–Crippen LogP) is 2.35. The van der Waals surface area contributed by atoms with Gasteiger partial charge in [-0.2, -0.15) is 0 Å². The highest BCUT2D eigenvalue weighted by Gasteiger charge is 2.54. The van der Waals surface area contributed by atoms with Crippen LogP contribution in [0.25, 0.3) is 0 Å². The highest BCUT2D eigenvalue weighted by molar-refractivity contribution is 6.70. The molecule has 1 fully saturated rings. The van der Waals surface area contributed by atoms with Gasteiger partial charge in [0.1, 0.15) is 0 Å². The molecule has 0 aliphatic heterocycles. The van der Waals surface area contributed by atoms with Crippen LogP contribution in [0.2, 0.25) is 19.6 Å². The fraction of sp³-hybridized carbons (Fsp3) is 0.857. The Kier molecular flexibility index (Phi) is 2.61. The molecular weight excluding hydrogens is 215 g/mol. The van der Waals surface area contributed by atoms with Gasteiger partial charge < -0.3 is 4.43 Å². The Morgan fingerprint density at radius 2 is 2.00 bits per heavy atom. The monoisotopic (exact) mass is 226 g/mol. The summed E-state index contributed by atoms with van der Waals surface area (Å²) in [6.45, 7) is 6.12. The number of hydrogen-bond donors (Lipinski definition) is 0. The third-order valence-electron chi connectivity index (χ3n) is 1.64. The molecule has 12 heavy (non-hydrogen) atoms. The molecule has 0 aromatic rings. The van der Waals surface area contributed by atoms with Gasteiger partial charge in [0, 0.05) is 6.42 Å². The van der Waals surface area contributed by atoms with Crippen LogP contribution in [0, 0.1) is 0 Å². The van der Waals surface area contributed by atoms with Gasteiger partial charge in [-0.05, 0) is 19.6 Å². The average molecular weight is 227 g/mol. The summed E-state index contributed by atoms with van der Waals surface area (Å²) in [7, 11) is -1.63. The van der Waals surface area contributed by atoms with Gasteiger partial charge in [-0.3, -0.25) is 4.79 Å². The average Bonchev–Trinajstić information content (AvgIpc) is 1.84. The number of rotatable bonds is 2. The second-order valence-electron chi connectivity index (χ2n) is 3.97. The maximum absolute atomic E-state index is 10.9. The first-order valence-electron chi connectivity index (χ1n) is 3.82. The Bertz CT molecular complexity index is 210. The second-order valence-corrected chi connectivity index (χ2v) is 9.82. The van der Waals surface area contributed by atoms with E-state index in [0.29, 0.717) is 6.42 Å². The zero-order valence-corrected chi connectivity index (χ0v) is 9.87. The van der Waals surface area contributed by atoms with Crippen molar-refractivity contribution in [1.29, 1.82) is 0 Å². The van der Waals surface area contributed by atoms with E-state index in [4.69, 9.17) is 27.6 Å². The topological polar surface area (TPSA) is 26.3 Å². The first-order valence-corrected chi connectivity index (χ1v) is 7.99. The first kappa shape index (κ1) is 10.5. The van der Waals surface area contributed by atoms with E-state index in [2.05, 4.69) is 0 Å². The van der Waals surface area contributed by atoms with E-state index >= 15 is 0 Å². The van der Waals surface area contributed by atoms with Gasteiger partial charge >= 0.3 is 0 Å². The van der Waals surface area contributed by atoms with Crippen molar-refractivity contribution in [2.45, 2.75) is 36.5 Å². The minimum absolute atomic E-state index is 0.130. The molecule has 1 aliphatic carbocycles. The summed E-state index contributed by atoms with van der Waals surface area (Å²) in [6, 6.07) is 0. The van der Waals surface area contributed by atoms with Gasteiger partial charge in [0.2, 0.25) is 4.33 Å². The van der Waals surface area contributed by atoms with Crippen LogP contribution < -0.4 is 0 Å². The summed E-state index contributed by atoms with van der Waals surface area (Å²) in [5.74, 6) is -0.130. The summed E-state index contributed by atoms with van der Waals surface area (Å²) in [4.78, 5) is 10.9. The Hall–Kier alpha value is 0.427. The van der Waals surface area contributed by atoms with Crippen LogP contribution in [-0.2, 0) is 9.22 Å². The van der Waals surface area contributed by atoms with E-state index in [9.17, 15) is 4.79 Å². The van der Waals surface area contributed by atoms with E-state index < -0.39 is 12.7 Å². The van der Waals surface area contributed by atoms with Gasteiger partial charge in [-0.1, -0.05) is 23.2 Å². The van der Waals surface area contributed by atoms with Gasteiger partial charge in [-0.25, -0.2) is 0 Å². The van der Waals surface area contributed by atoms with Gasteiger partial charge in [-0.15, -0.1) is 0 Å². The normalized spacial score (nSPS) is 28.4. The lowest BCUT2D eigenvalue weighted by molar-refractivity contribution is -0.131. The van der Waals surface area contributed by atoms with Crippen molar-refractivity contribution >= 4 is 37.3 Å². The van der Waals surface area contributed by atoms with Crippen molar-refractivity contribution in [3.05, 3.63) is 0 Å². The van der Waals surface area contributed by atoms with Crippen LogP contribution >= 0.6 is 23.2 Å². The SMILES string of the molecule is C[Si](C)(C)OC1CC(=O)C1(Cl)Cl. The molecule has 70 valence electrons. The third-order valence-corrected chi connectivity index (χ3v) is 3.54. The smallest absolute Gasteiger partial charge is 0.200 e. The van der Waals surface area contributed by atoms with E-state index in [1.165, 1.54) is 0 Å². The highest BCUT2D eigenvalue weighted by atomic mass is 35.5. The number of alkyl halides is 2. The van der Waals surface area contributed by atoms with Crippen LogP contribution in [-0.4, -0.2) is 24.5 Å². The lowest BCUT2D eigenvalue weighted by atomic mass is 9.93. The van der Waals surface area contributed by atoms with E-state index in [1.807, 2.05) is 19.6 Å². The summed E-state index contributed by atoms with van der Waals surface area (Å²) in [5, 5.41) is 0. The molecule has 1 aliphatic rings. The van der Waals surface area contributed by atoms with Gasteiger partial charge in [0.15, 0.2) is 14.1 Å². The third kappa shape index (κ3) is 2.02. The summed E-state index contributed by atoms with van der Waals surface area (Å²) in [6.07, 6.45) is 0.0667. The summed E-state index contributed by atoms with van der Waals surface area (Å²) >= 11 is 11.5. The molecule has 1 atom stereocenters. The number of halogens is 2. The number of hydrogen-bond acceptors (Lipinski definition) is 2. The number of carbonyl (C=O) groups is 1. The second kappa shape index (κ2) is 2.98. The Morgan fingerprint density at radius 3 is 2.25 bits per heavy atom. The molecule has 0 bridgehead atoms. The van der Waals surface area contributed by atoms with Crippen LogP contribution in [0.15, 0.2) is 0 Å². The molecule has 5 heteroatoms. The molecule has 0 heterocycles. The zero-order chi connectivity index (χ0) is 9.57. The minimum atomic E-state index is -1.63. The van der Waals surface area contributed by atoms with E-state index in [1.54, 1.807) is 0 Å². The first-order chi connectivity index (χ1) is 5.23. The van der Waals surface area contributed by atoms with Crippen LogP contribution in [0.5, 0.6) is 0 Å². The van der Waals surface area contributed by atoms with E-state index in [0.717, 1.165) is 0 Å². The van der Waals surface area contributed by atoms with Crippen molar-refractivity contribution in [2.75, 3.05) is 0 Å². The molecule has 0 aromatic carbocycles. The predicted molar refractivity (Wildman–Crippen MR) is 52.3 cm³/mol. The number of ketones is 1. The molecule has 0 N–H and O–H groups in total. The van der Waals surface area contributed by atoms with Crippen LogP contribution in [0.3, 0.4) is 0 Å². The van der Waals surface area contributed by atoms with Crippen LogP contribution in [0.1, 0.15) is 6.42 Å². The number of Topliss-reactive ketones (excluding diaryl/α,β-unsaturated/α-hetero) is 1. The standard InChI is InChI=1S/C7H12Cl2O2Si/c1-12(2,3)11-6-4-5(10)7(6,8)9/h6H,4H2,1-3H3. The van der Waals surface area contributed by atoms with Gasteiger partial charge in [0.25, 0.3) is 0 Å². The quantitative estimate of drug-likeness (QED) is 0.534. The molecule has 1 saturated carbocycles. The molecule has 1 rings (SSSR count). The van der Waals surface area contributed by atoms with Crippen molar-refractivity contribution < 1.29 is 9.22 Å². The van der Waals surface area contributed by atoms with Gasteiger partial charge in [0.05, 0.1) is 6.10 Å². The van der Waals surface area contributed by atoms with Crippen molar-refractivity contribution in [2.24, 2.45) is 0 Å². The fourth-order valence-electron chi connectivity index (χ4n) is 1.02. The molecule has 0 spiro atoms. The molecule has 2 nitrogen and oxygen atoms in total. The number of carbonyl (C=O) groups excluding carboxylic acids is 1. The fourth-order valence-corrected chi connectivity index (χ4v) is 2.68. The highest BCUT2D eigenvalue weighted by Crippen LogP contribution is 2.42. The molecule has 0 saturated heterocycles. The lowest BCUT2D eigenvalue weighted by Gasteiger charge is -2.41. The molecular formula is C7H12Cl2O2Si. The maximum atomic E-state index is 10.9.